The fraction of sp³-hybridized carbons (Fsp3) is 0.167. The number of nitrogen functional groups attached to an aromatic ring is 1. The van der Waals surface area contributed by atoms with E-state index in [1.165, 1.54) is 12.1 Å². The highest BCUT2D eigenvalue weighted by Gasteiger charge is 2.20. The molecule has 2 aromatic rings. The molecule has 108 valence electrons. The van der Waals surface area contributed by atoms with Crippen molar-refractivity contribution >= 4 is 54.6 Å². The Bertz CT molecular complexity index is 696. The number of hydrogen-bond donors (Lipinski definition) is 2. The maximum absolute atomic E-state index is 12.2. The van der Waals surface area contributed by atoms with E-state index in [1.54, 1.807) is 17.4 Å². The molecular formula is C12H12BrClN2O2S2. The van der Waals surface area contributed by atoms with Gasteiger partial charge in [0, 0.05) is 11.4 Å². The zero-order valence-corrected chi connectivity index (χ0v) is 14.2. The van der Waals surface area contributed by atoms with Gasteiger partial charge in [-0.15, -0.1) is 11.3 Å². The summed E-state index contributed by atoms with van der Waals surface area (Å²) < 4.78 is 27.9. The first-order valence-corrected chi connectivity index (χ1v) is 9.15. The van der Waals surface area contributed by atoms with Gasteiger partial charge in [0.1, 0.15) is 4.90 Å². The Morgan fingerprint density at radius 3 is 2.65 bits per heavy atom. The number of rotatable bonds is 5. The summed E-state index contributed by atoms with van der Waals surface area (Å²) in [5.41, 5.74) is 5.83. The van der Waals surface area contributed by atoms with Gasteiger partial charge in [-0.05, 0) is 46.6 Å². The largest absolute Gasteiger partial charge is 0.398 e. The molecule has 0 radical (unpaired) electrons. The predicted octanol–water partition coefficient (Wildman–Crippen LogP) is 3.27. The smallest absolute Gasteiger partial charge is 0.244 e. The van der Waals surface area contributed by atoms with Gasteiger partial charge < -0.3 is 5.73 Å². The normalized spacial score (nSPS) is 11.7. The maximum atomic E-state index is 12.2. The topological polar surface area (TPSA) is 72.2 Å². The van der Waals surface area contributed by atoms with Gasteiger partial charge in [-0.1, -0.05) is 17.7 Å². The van der Waals surface area contributed by atoms with Gasteiger partial charge in [0.25, 0.3) is 0 Å². The molecule has 2 rings (SSSR count). The van der Waals surface area contributed by atoms with E-state index < -0.39 is 10.0 Å². The van der Waals surface area contributed by atoms with Crippen LogP contribution in [0.15, 0.2) is 39.0 Å². The average Bonchev–Trinajstić information content (AvgIpc) is 2.74. The lowest BCUT2D eigenvalue weighted by molar-refractivity contribution is 0.582. The van der Waals surface area contributed by atoms with Gasteiger partial charge in [-0.3, -0.25) is 0 Å². The molecular weight excluding hydrogens is 384 g/mol. The Balaban J connectivity index is 2.08. The number of halogens is 2. The number of hydrogen-bond acceptors (Lipinski definition) is 4. The van der Waals surface area contributed by atoms with E-state index in [0.717, 1.165) is 8.66 Å². The lowest BCUT2D eigenvalue weighted by atomic mass is 10.3. The lowest BCUT2D eigenvalue weighted by Crippen LogP contribution is -2.26. The number of thiophene rings is 1. The van der Waals surface area contributed by atoms with Crippen LogP contribution in [0.4, 0.5) is 5.69 Å². The second-order valence-electron chi connectivity index (χ2n) is 4.01. The van der Waals surface area contributed by atoms with E-state index in [2.05, 4.69) is 20.7 Å². The minimum atomic E-state index is -3.70. The molecule has 0 saturated heterocycles. The molecule has 8 heteroatoms. The first-order valence-electron chi connectivity index (χ1n) is 5.68. The summed E-state index contributed by atoms with van der Waals surface area (Å²) in [4.78, 5) is 1.03. The average molecular weight is 396 g/mol. The molecule has 0 aliphatic heterocycles. The zero-order valence-electron chi connectivity index (χ0n) is 10.3. The summed E-state index contributed by atoms with van der Waals surface area (Å²) in [5.74, 6) is 0. The van der Waals surface area contributed by atoms with Crippen LogP contribution in [0.5, 0.6) is 0 Å². The summed E-state index contributed by atoms with van der Waals surface area (Å²) in [7, 11) is -3.70. The maximum Gasteiger partial charge on any atom is 0.244 e. The van der Waals surface area contributed by atoms with Crippen molar-refractivity contribution in [2.75, 3.05) is 12.3 Å². The third-order valence-corrected chi connectivity index (χ3v) is 6.25. The molecule has 0 aliphatic carbocycles. The van der Waals surface area contributed by atoms with Crippen molar-refractivity contribution in [2.45, 2.75) is 11.3 Å². The molecule has 0 bridgehead atoms. The number of nitrogens with two attached hydrogens (primary N) is 1. The van der Waals surface area contributed by atoms with Crippen molar-refractivity contribution in [1.29, 1.82) is 0 Å². The highest BCUT2D eigenvalue weighted by molar-refractivity contribution is 9.11. The molecule has 20 heavy (non-hydrogen) atoms. The summed E-state index contributed by atoms with van der Waals surface area (Å²) in [6.07, 6.45) is 0.611. The van der Waals surface area contributed by atoms with Gasteiger partial charge >= 0.3 is 0 Å². The number of anilines is 1. The Kier molecular flexibility index (Phi) is 5.09. The molecule has 0 unspecified atom stereocenters. The van der Waals surface area contributed by atoms with E-state index in [1.807, 2.05) is 12.1 Å². The Morgan fingerprint density at radius 2 is 2.05 bits per heavy atom. The van der Waals surface area contributed by atoms with Gasteiger partial charge in [-0.2, -0.15) is 0 Å². The third kappa shape index (κ3) is 3.73. The minimum absolute atomic E-state index is 0.0611. The fourth-order valence-electron chi connectivity index (χ4n) is 1.68. The zero-order chi connectivity index (χ0) is 14.8. The molecule has 1 heterocycles. The molecule has 0 spiro atoms. The van der Waals surface area contributed by atoms with Crippen LogP contribution >= 0.6 is 38.9 Å². The lowest BCUT2D eigenvalue weighted by Gasteiger charge is -2.10. The van der Waals surface area contributed by atoms with Crippen molar-refractivity contribution in [3.05, 3.63) is 44.0 Å². The third-order valence-electron chi connectivity index (χ3n) is 2.56. The highest BCUT2D eigenvalue weighted by Crippen LogP contribution is 2.27. The Hall–Kier alpha value is -0.600. The molecule has 0 amide bonds. The summed E-state index contributed by atoms with van der Waals surface area (Å²) in [6.45, 7) is 0.292. The molecule has 0 saturated carbocycles. The summed E-state index contributed by atoms with van der Waals surface area (Å²) >= 11 is 10.8. The van der Waals surface area contributed by atoms with E-state index in [4.69, 9.17) is 17.3 Å². The van der Waals surface area contributed by atoms with E-state index in [0.29, 0.717) is 13.0 Å². The first-order chi connectivity index (χ1) is 9.40. The van der Waals surface area contributed by atoms with E-state index >= 15 is 0 Å². The monoisotopic (exact) mass is 394 g/mol. The summed E-state index contributed by atoms with van der Waals surface area (Å²) in [5, 5.41) is 0.122. The van der Waals surface area contributed by atoms with Crippen molar-refractivity contribution in [1.82, 2.24) is 4.72 Å². The second-order valence-corrected chi connectivity index (χ2v) is 8.67. The Morgan fingerprint density at radius 1 is 1.30 bits per heavy atom. The van der Waals surface area contributed by atoms with Crippen LogP contribution in [-0.4, -0.2) is 15.0 Å². The first kappa shape index (κ1) is 15.8. The molecule has 1 aromatic carbocycles. The van der Waals surface area contributed by atoms with Gasteiger partial charge in [-0.25, -0.2) is 13.1 Å². The van der Waals surface area contributed by atoms with Crippen molar-refractivity contribution in [3.63, 3.8) is 0 Å². The predicted molar refractivity (Wildman–Crippen MR) is 86.8 cm³/mol. The van der Waals surface area contributed by atoms with Crippen LogP contribution in [-0.2, 0) is 16.4 Å². The number of sulfonamides is 1. The fourth-order valence-corrected chi connectivity index (χ4v) is 4.86. The SMILES string of the molecule is Nc1cccc(Cl)c1S(=O)(=O)NCCc1ccc(Br)s1. The van der Waals surface area contributed by atoms with Crippen LogP contribution in [0.1, 0.15) is 4.88 Å². The quantitative estimate of drug-likeness (QED) is 0.763. The number of nitrogens with one attached hydrogen (secondary N) is 1. The van der Waals surface area contributed by atoms with Gasteiger partial charge in [0.2, 0.25) is 10.0 Å². The molecule has 0 atom stereocenters. The van der Waals surface area contributed by atoms with Crippen molar-refractivity contribution in [2.24, 2.45) is 0 Å². The minimum Gasteiger partial charge on any atom is -0.398 e. The number of benzene rings is 1. The Labute approximate surface area is 135 Å². The van der Waals surface area contributed by atoms with Crippen LogP contribution in [0, 0.1) is 0 Å². The van der Waals surface area contributed by atoms with Crippen LogP contribution in [0.25, 0.3) is 0 Å². The molecule has 3 N–H and O–H groups in total. The van der Waals surface area contributed by atoms with Crippen molar-refractivity contribution < 1.29 is 8.42 Å². The highest BCUT2D eigenvalue weighted by atomic mass is 79.9. The van der Waals surface area contributed by atoms with Crippen LogP contribution < -0.4 is 10.5 Å². The second kappa shape index (κ2) is 6.44. The summed E-state index contributed by atoms with van der Waals surface area (Å²) in [6, 6.07) is 8.51. The van der Waals surface area contributed by atoms with Crippen LogP contribution in [0.3, 0.4) is 0 Å². The standard InChI is InChI=1S/C12H12BrClN2O2S2/c13-11-5-4-8(19-11)6-7-16-20(17,18)12-9(14)2-1-3-10(12)15/h1-5,16H,6-7,15H2. The van der Waals surface area contributed by atoms with Gasteiger partial charge in [0.05, 0.1) is 14.5 Å². The van der Waals surface area contributed by atoms with E-state index in [-0.39, 0.29) is 15.6 Å². The van der Waals surface area contributed by atoms with E-state index in [9.17, 15) is 8.42 Å². The molecule has 0 fully saturated rings. The molecule has 1 aromatic heterocycles. The van der Waals surface area contributed by atoms with Crippen molar-refractivity contribution in [3.8, 4) is 0 Å². The van der Waals surface area contributed by atoms with Crippen LogP contribution in [0.2, 0.25) is 5.02 Å². The molecule has 0 aliphatic rings. The molecule has 4 nitrogen and oxygen atoms in total. The van der Waals surface area contributed by atoms with Gasteiger partial charge in [0.15, 0.2) is 0 Å².